The van der Waals surface area contributed by atoms with Gasteiger partial charge in [-0.1, -0.05) is 15.9 Å². The van der Waals surface area contributed by atoms with Crippen molar-refractivity contribution in [1.29, 1.82) is 0 Å². The Morgan fingerprint density at radius 3 is 2.52 bits per heavy atom. The molecule has 5 heteroatoms. The van der Waals surface area contributed by atoms with Gasteiger partial charge in [0.05, 0.1) is 18.1 Å². The van der Waals surface area contributed by atoms with E-state index in [4.69, 9.17) is 4.74 Å². The first-order chi connectivity index (χ1) is 9.83. The highest BCUT2D eigenvalue weighted by atomic mass is 79.9. The summed E-state index contributed by atoms with van der Waals surface area (Å²) < 4.78 is 6.76. The zero-order chi connectivity index (χ0) is 15.5. The summed E-state index contributed by atoms with van der Waals surface area (Å²) in [5.74, 6) is 1.25. The Labute approximate surface area is 134 Å². The normalized spacial score (nSPS) is 11.5. The van der Waals surface area contributed by atoms with Gasteiger partial charge < -0.3 is 10.1 Å². The molecule has 0 radical (unpaired) electrons. The molecule has 1 aromatic carbocycles. The molecule has 0 saturated carbocycles. The topological polar surface area (TPSA) is 47.0 Å². The van der Waals surface area contributed by atoms with Crippen molar-refractivity contribution in [3.8, 4) is 11.6 Å². The van der Waals surface area contributed by atoms with Gasteiger partial charge in [-0.25, -0.2) is 4.98 Å². The molecule has 4 nitrogen and oxygen atoms in total. The molecule has 0 aliphatic rings. The summed E-state index contributed by atoms with van der Waals surface area (Å²) in [5, 5.41) is 3.37. The van der Waals surface area contributed by atoms with Crippen molar-refractivity contribution in [2.75, 3.05) is 0 Å². The molecule has 1 heterocycles. The van der Waals surface area contributed by atoms with Crippen LogP contribution in [0.3, 0.4) is 0 Å². The van der Waals surface area contributed by atoms with E-state index in [2.05, 4.69) is 52.0 Å². The van der Waals surface area contributed by atoms with E-state index in [1.807, 2.05) is 25.1 Å². The van der Waals surface area contributed by atoms with Gasteiger partial charge in [0.1, 0.15) is 5.75 Å². The highest BCUT2D eigenvalue weighted by molar-refractivity contribution is 9.10. The zero-order valence-electron chi connectivity index (χ0n) is 12.8. The van der Waals surface area contributed by atoms with Crippen LogP contribution in [0, 0.1) is 6.92 Å². The first-order valence-electron chi connectivity index (χ1n) is 6.83. The van der Waals surface area contributed by atoms with Gasteiger partial charge in [0.15, 0.2) is 0 Å². The van der Waals surface area contributed by atoms with Gasteiger partial charge in [-0.2, -0.15) is 0 Å². The number of rotatable bonds is 4. The van der Waals surface area contributed by atoms with Gasteiger partial charge in [-0.15, -0.1) is 0 Å². The minimum absolute atomic E-state index is 0.0613. The number of hydrogen-bond acceptors (Lipinski definition) is 4. The van der Waals surface area contributed by atoms with E-state index in [0.717, 1.165) is 21.5 Å². The van der Waals surface area contributed by atoms with E-state index in [9.17, 15) is 0 Å². The number of nitrogens with one attached hydrogen (secondary N) is 1. The smallest absolute Gasteiger partial charge is 0.237 e. The van der Waals surface area contributed by atoms with Crippen LogP contribution in [-0.2, 0) is 6.54 Å². The third-order valence-corrected chi connectivity index (χ3v) is 3.72. The van der Waals surface area contributed by atoms with E-state index in [1.54, 1.807) is 12.4 Å². The van der Waals surface area contributed by atoms with Gasteiger partial charge in [0, 0.05) is 16.6 Å². The third-order valence-electron chi connectivity index (χ3n) is 2.83. The minimum atomic E-state index is 0.0613. The third kappa shape index (κ3) is 5.10. The Kier molecular flexibility index (Phi) is 4.96. The fourth-order valence-corrected chi connectivity index (χ4v) is 1.89. The average Bonchev–Trinajstić information content (AvgIpc) is 2.41. The lowest BCUT2D eigenvalue weighted by molar-refractivity contribution is 0.418. The number of benzene rings is 1. The number of hydrogen-bond donors (Lipinski definition) is 1. The van der Waals surface area contributed by atoms with Crippen LogP contribution in [-0.4, -0.2) is 15.5 Å². The lowest BCUT2D eigenvalue weighted by atomic mass is 10.1. The SMILES string of the molecule is Cc1cc(Oc2cnc(CNC(C)(C)C)cn2)ccc1Br. The fourth-order valence-electron chi connectivity index (χ4n) is 1.64. The summed E-state index contributed by atoms with van der Waals surface area (Å²) in [6.07, 6.45) is 3.39. The molecule has 0 unspecified atom stereocenters. The van der Waals surface area contributed by atoms with Crippen LogP contribution in [0.1, 0.15) is 32.0 Å². The molecular weight excluding hydrogens is 330 g/mol. The molecule has 1 N–H and O–H groups in total. The molecule has 0 aliphatic carbocycles. The first-order valence-corrected chi connectivity index (χ1v) is 7.63. The van der Waals surface area contributed by atoms with Crippen molar-refractivity contribution >= 4 is 15.9 Å². The quantitative estimate of drug-likeness (QED) is 0.897. The van der Waals surface area contributed by atoms with E-state index >= 15 is 0 Å². The average molecular weight is 350 g/mol. The zero-order valence-corrected chi connectivity index (χ0v) is 14.4. The number of halogens is 1. The maximum Gasteiger partial charge on any atom is 0.237 e. The fraction of sp³-hybridized carbons (Fsp3) is 0.375. The number of nitrogens with zero attached hydrogens (tertiary/aromatic N) is 2. The second kappa shape index (κ2) is 6.54. The molecule has 112 valence electrons. The molecular formula is C16H20BrN3O. The maximum atomic E-state index is 5.70. The van der Waals surface area contributed by atoms with Crippen LogP contribution in [0.15, 0.2) is 35.1 Å². The Bertz CT molecular complexity index is 606. The molecule has 21 heavy (non-hydrogen) atoms. The molecule has 0 aliphatic heterocycles. The number of ether oxygens (including phenoxy) is 1. The summed E-state index contributed by atoms with van der Waals surface area (Å²) in [7, 11) is 0. The molecule has 0 atom stereocenters. The minimum Gasteiger partial charge on any atom is -0.437 e. The summed E-state index contributed by atoms with van der Waals surface area (Å²) in [4.78, 5) is 8.65. The highest BCUT2D eigenvalue weighted by Crippen LogP contribution is 2.24. The van der Waals surface area contributed by atoms with E-state index in [0.29, 0.717) is 12.4 Å². The monoisotopic (exact) mass is 349 g/mol. The predicted octanol–water partition coefficient (Wildman–Crippen LogP) is 4.23. The second-order valence-corrected chi connectivity index (χ2v) is 6.82. The van der Waals surface area contributed by atoms with Crippen molar-refractivity contribution in [2.24, 2.45) is 0 Å². The van der Waals surface area contributed by atoms with Crippen LogP contribution in [0.2, 0.25) is 0 Å². The molecule has 2 rings (SSSR count). The van der Waals surface area contributed by atoms with Gasteiger partial charge in [-0.05, 0) is 51.5 Å². The molecule has 0 amide bonds. The largest absolute Gasteiger partial charge is 0.437 e. The Hall–Kier alpha value is -1.46. The lowest BCUT2D eigenvalue weighted by Crippen LogP contribution is -2.35. The summed E-state index contributed by atoms with van der Waals surface area (Å²) in [6.45, 7) is 9.06. The molecule has 0 bridgehead atoms. The van der Waals surface area contributed by atoms with Gasteiger partial charge in [0.2, 0.25) is 5.88 Å². The molecule has 2 aromatic rings. The van der Waals surface area contributed by atoms with Crippen molar-refractivity contribution in [3.05, 3.63) is 46.3 Å². The highest BCUT2D eigenvalue weighted by Gasteiger charge is 2.09. The van der Waals surface area contributed by atoms with Gasteiger partial charge in [-0.3, -0.25) is 4.98 Å². The number of aryl methyl sites for hydroxylation is 1. The summed E-state index contributed by atoms with van der Waals surface area (Å²) >= 11 is 3.47. The molecule has 0 spiro atoms. The molecule has 0 saturated heterocycles. The van der Waals surface area contributed by atoms with Crippen LogP contribution in [0.25, 0.3) is 0 Å². The van der Waals surface area contributed by atoms with Crippen LogP contribution >= 0.6 is 15.9 Å². The predicted molar refractivity (Wildman–Crippen MR) is 87.6 cm³/mol. The van der Waals surface area contributed by atoms with Crippen LogP contribution in [0.5, 0.6) is 11.6 Å². The Morgan fingerprint density at radius 1 is 1.19 bits per heavy atom. The van der Waals surface area contributed by atoms with E-state index in [-0.39, 0.29) is 5.54 Å². The van der Waals surface area contributed by atoms with Crippen LogP contribution < -0.4 is 10.1 Å². The Balaban J connectivity index is 2.00. The standard InChI is InChI=1S/C16H20BrN3O/c1-11-7-13(5-6-14(11)17)21-15-10-18-12(8-19-15)9-20-16(2,3)4/h5-8,10,20H,9H2,1-4H3. The summed E-state index contributed by atoms with van der Waals surface area (Å²) in [5.41, 5.74) is 2.07. The Morgan fingerprint density at radius 2 is 1.95 bits per heavy atom. The van der Waals surface area contributed by atoms with Crippen molar-refractivity contribution in [3.63, 3.8) is 0 Å². The lowest BCUT2D eigenvalue weighted by Gasteiger charge is -2.19. The second-order valence-electron chi connectivity index (χ2n) is 5.96. The van der Waals surface area contributed by atoms with Gasteiger partial charge in [0.25, 0.3) is 0 Å². The van der Waals surface area contributed by atoms with E-state index < -0.39 is 0 Å². The maximum absolute atomic E-state index is 5.70. The molecule has 0 fully saturated rings. The van der Waals surface area contributed by atoms with Crippen molar-refractivity contribution in [2.45, 2.75) is 39.8 Å². The van der Waals surface area contributed by atoms with Crippen molar-refractivity contribution < 1.29 is 4.74 Å². The van der Waals surface area contributed by atoms with Crippen molar-refractivity contribution in [1.82, 2.24) is 15.3 Å². The van der Waals surface area contributed by atoms with Gasteiger partial charge >= 0.3 is 0 Å². The summed E-state index contributed by atoms with van der Waals surface area (Å²) in [6, 6.07) is 5.81. The number of aromatic nitrogens is 2. The first kappa shape index (κ1) is 15.9. The van der Waals surface area contributed by atoms with Crippen LogP contribution in [0.4, 0.5) is 0 Å². The van der Waals surface area contributed by atoms with E-state index in [1.165, 1.54) is 0 Å². The molecule has 1 aromatic heterocycles.